The van der Waals surface area contributed by atoms with E-state index in [-0.39, 0.29) is 5.56 Å². The highest BCUT2D eigenvalue weighted by atomic mass is 32.1. The van der Waals surface area contributed by atoms with Crippen LogP contribution in [0, 0.1) is 6.92 Å². The molecular weight excluding hydrogens is 276 g/mol. The number of nitrogens with zero attached hydrogens (tertiary/aromatic N) is 2. The van der Waals surface area contributed by atoms with Gasteiger partial charge in [0, 0.05) is 5.39 Å². The number of ether oxygens (including phenoxy) is 1. The van der Waals surface area contributed by atoms with E-state index in [0.717, 1.165) is 15.8 Å². The zero-order chi connectivity index (χ0) is 14.1. The number of hydrogen-bond acceptors (Lipinski definition) is 5. The van der Waals surface area contributed by atoms with Crippen LogP contribution in [0.25, 0.3) is 10.8 Å². The number of aromatic nitrogens is 2. The van der Waals surface area contributed by atoms with Crippen LogP contribution in [-0.4, -0.2) is 21.3 Å². The summed E-state index contributed by atoms with van der Waals surface area (Å²) < 4.78 is 5.67. The first-order chi connectivity index (χ1) is 9.65. The molecule has 0 aliphatic heterocycles. The SMILES string of the molecule is Cc1nnc(Oc2c(C(=O)O)ccc3ccccc23)s1. The first kappa shape index (κ1) is 12.6. The van der Waals surface area contributed by atoms with Crippen LogP contribution in [0.3, 0.4) is 0 Å². The van der Waals surface area contributed by atoms with Gasteiger partial charge in [0.15, 0.2) is 5.75 Å². The number of carbonyl (C=O) groups is 1. The maximum atomic E-state index is 11.3. The van der Waals surface area contributed by atoms with Gasteiger partial charge in [-0.05, 0) is 18.4 Å². The summed E-state index contributed by atoms with van der Waals surface area (Å²) in [4.78, 5) is 11.3. The van der Waals surface area contributed by atoms with Crippen molar-refractivity contribution in [1.82, 2.24) is 10.2 Å². The number of hydrogen-bond donors (Lipinski definition) is 1. The molecule has 0 spiro atoms. The Balaban J connectivity index is 2.19. The predicted molar refractivity (Wildman–Crippen MR) is 75.6 cm³/mol. The van der Waals surface area contributed by atoms with E-state index in [0.29, 0.717) is 10.9 Å². The molecule has 0 unspecified atom stereocenters. The first-order valence-electron chi connectivity index (χ1n) is 5.88. The smallest absolute Gasteiger partial charge is 0.339 e. The van der Waals surface area contributed by atoms with Gasteiger partial charge in [-0.25, -0.2) is 4.79 Å². The standard InChI is InChI=1S/C14H10N2O3S/c1-8-15-16-14(20-8)19-12-10-5-3-2-4-9(10)6-7-11(12)13(17)18/h2-7H,1H3,(H,17,18). The van der Waals surface area contributed by atoms with E-state index in [1.54, 1.807) is 6.07 Å². The maximum Gasteiger partial charge on any atom is 0.339 e. The van der Waals surface area contributed by atoms with Crippen LogP contribution in [-0.2, 0) is 0 Å². The molecule has 100 valence electrons. The van der Waals surface area contributed by atoms with Crippen molar-refractivity contribution >= 4 is 28.1 Å². The largest absolute Gasteiger partial charge is 0.478 e. The number of aryl methyl sites for hydroxylation is 1. The van der Waals surface area contributed by atoms with Gasteiger partial charge in [-0.2, -0.15) is 0 Å². The van der Waals surface area contributed by atoms with Gasteiger partial charge in [0.2, 0.25) is 0 Å². The maximum absolute atomic E-state index is 11.3. The number of benzene rings is 2. The summed E-state index contributed by atoms with van der Waals surface area (Å²) in [6.45, 7) is 1.81. The van der Waals surface area contributed by atoms with Crippen molar-refractivity contribution in [3.05, 3.63) is 47.0 Å². The second-order valence-corrected chi connectivity index (χ2v) is 5.30. The van der Waals surface area contributed by atoms with E-state index in [9.17, 15) is 9.90 Å². The number of rotatable bonds is 3. The summed E-state index contributed by atoms with van der Waals surface area (Å²) in [5.74, 6) is -0.737. The number of carboxylic acid groups (broad SMARTS) is 1. The highest BCUT2D eigenvalue weighted by Gasteiger charge is 2.17. The Labute approximate surface area is 118 Å². The normalized spacial score (nSPS) is 10.7. The van der Waals surface area contributed by atoms with Gasteiger partial charge in [-0.3, -0.25) is 0 Å². The van der Waals surface area contributed by atoms with Gasteiger partial charge in [0.1, 0.15) is 10.6 Å². The quantitative estimate of drug-likeness (QED) is 0.798. The molecule has 1 N–H and O–H groups in total. The Hall–Kier alpha value is -2.47. The van der Waals surface area contributed by atoms with Crippen LogP contribution in [0.1, 0.15) is 15.4 Å². The molecule has 5 nitrogen and oxygen atoms in total. The Bertz CT molecular complexity index is 798. The average molecular weight is 286 g/mol. The lowest BCUT2D eigenvalue weighted by Gasteiger charge is -2.09. The van der Waals surface area contributed by atoms with Crippen molar-refractivity contribution in [1.29, 1.82) is 0 Å². The van der Waals surface area contributed by atoms with Gasteiger partial charge < -0.3 is 9.84 Å². The van der Waals surface area contributed by atoms with Gasteiger partial charge in [-0.1, -0.05) is 46.8 Å². The molecular formula is C14H10N2O3S. The Morgan fingerprint density at radius 2 is 2.00 bits per heavy atom. The topological polar surface area (TPSA) is 72.3 Å². The molecule has 0 bridgehead atoms. The fourth-order valence-electron chi connectivity index (χ4n) is 1.93. The minimum absolute atomic E-state index is 0.108. The monoisotopic (exact) mass is 286 g/mol. The highest BCUT2D eigenvalue weighted by Crippen LogP contribution is 2.34. The van der Waals surface area contributed by atoms with Crippen LogP contribution < -0.4 is 4.74 Å². The minimum atomic E-state index is -1.04. The van der Waals surface area contributed by atoms with Crippen molar-refractivity contribution in [3.63, 3.8) is 0 Å². The lowest BCUT2D eigenvalue weighted by Crippen LogP contribution is -2.00. The van der Waals surface area contributed by atoms with Crippen molar-refractivity contribution in [3.8, 4) is 10.9 Å². The van der Waals surface area contributed by atoms with Crippen molar-refractivity contribution in [2.24, 2.45) is 0 Å². The highest BCUT2D eigenvalue weighted by molar-refractivity contribution is 7.13. The molecule has 1 heterocycles. The minimum Gasteiger partial charge on any atom is -0.478 e. The van der Waals surface area contributed by atoms with Crippen LogP contribution in [0.15, 0.2) is 36.4 Å². The van der Waals surface area contributed by atoms with E-state index < -0.39 is 5.97 Å². The third-order valence-electron chi connectivity index (χ3n) is 2.81. The summed E-state index contributed by atoms with van der Waals surface area (Å²) in [5, 5.41) is 19.8. The average Bonchev–Trinajstić information content (AvgIpc) is 2.84. The van der Waals surface area contributed by atoms with Gasteiger partial charge in [0.25, 0.3) is 5.19 Å². The zero-order valence-electron chi connectivity index (χ0n) is 10.5. The van der Waals surface area contributed by atoms with E-state index in [2.05, 4.69) is 10.2 Å². The molecule has 0 amide bonds. The van der Waals surface area contributed by atoms with Gasteiger partial charge in [0.05, 0.1) is 0 Å². The molecule has 0 aliphatic rings. The van der Waals surface area contributed by atoms with Crippen LogP contribution >= 0.6 is 11.3 Å². The third kappa shape index (κ3) is 2.21. The molecule has 20 heavy (non-hydrogen) atoms. The van der Waals surface area contributed by atoms with Gasteiger partial charge in [-0.15, -0.1) is 5.10 Å². The fourth-order valence-corrected chi connectivity index (χ4v) is 2.47. The second-order valence-electron chi connectivity index (χ2n) is 4.16. The lowest BCUT2D eigenvalue weighted by molar-refractivity contribution is 0.0694. The molecule has 0 radical (unpaired) electrons. The number of aromatic carboxylic acids is 1. The fraction of sp³-hybridized carbons (Fsp3) is 0.0714. The molecule has 0 fully saturated rings. The molecule has 6 heteroatoms. The van der Waals surface area contributed by atoms with E-state index in [4.69, 9.17) is 4.74 Å². The number of fused-ring (bicyclic) bond motifs is 1. The van der Waals surface area contributed by atoms with Gasteiger partial charge >= 0.3 is 5.97 Å². The van der Waals surface area contributed by atoms with Crippen LogP contribution in [0.2, 0.25) is 0 Å². The molecule has 3 aromatic rings. The van der Waals surface area contributed by atoms with E-state index in [1.807, 2.05) is 31.2 Å². The number of carboxylic acids is 1. The molecule has 0 aliphatic carbocycles. The summed E-state index contributed by atoms with van der Waals surface area (Å²) in [5.41, 5.74) is 0.108. The summed E-state index contributed by atoms with van der Waals surface area (Å²) in [6.07, 6.45) is 0. The van der Waals surface area contributed by atoms with Crippen molar-refractivity contribution in [2.45, 2.75) is 6.92 Å². The molecule has 1 aromatic heterocycles. The van der Waals surface area contributed by atoms with Crippen molar-refractivity contribution < 1.29 is 14.6 Å². The Kier molecular flexibility index (Phi) is 3.08. The lowest BCUT2D eigenvalue weighted by atomic mass is 10.1. The molecule has 3 rings (SSSR count). The van der Waals surface area contributed by atoms with E-state index in [1.165, 1.54) is 17.4 Å². The van der Waals surface area contributed by atoms with Crippen LogP contribution in [0.5, 0.6) is 10.9 Å². The predicted octanol–water partition coefficient (Wildman–Crippen LogP) is 3.49. The first-order valence-corrected chi connectivity index (χ1v) is 6.70. The second kappa shape index (κ2) is 4.90. The molecule has 0 saturated carbocycles. The molecule has 0 atom stereocenters. The molecule has 0 saturated heterocycles. The summed E-state index contributed by atoms with van der Waals surface area (Å²) in [6, 6.07) is 10.8. The van der Waals surface area contributed by atoms with E-state index >= 15 is 0 Å². The van der Waals surface area contributed by atoms with Crippen molar-refractivity contribution in [2.75, 3.05) is 0 Å². The summed E-state index contributed by atoms with van der Waals surface area (Å²) >= 11 is 1.27. The van der Waals surface area contributed by atoms with Crippen LogP contribution in [0.4, 0.5) is 0 Å². The Morgan fingerprint density at radius 3 is 2.70 bits per heavy atom. The summed E-state index contributed by atoms with van der Waals surface area (Å²) in [7, 11) is 0. The zero-order valence-corrected chi connectivity index (χ0v) is 11.3. The third-order valence-corrected chi connectivity index (χ3v) is 3.52. The Morgan fingerprint density at radius 1 is 1.20 bits per heavy atom. The molecule has 2 aromatic carbocycles.